The first kappa shape index (κ1) is 31.0. The van der Waals surface area contributed by atoms with Crippen LogP contribution >= 0.6 is 34.8 Å². The number of hydrogen-bond acceptors (Lipinski definition) is 6. The molecular weight excluding hydrogens is 585 g/mol. The fourth-order valence-electron chi connectivity index (χ4n) is 6.24. The van der Waals surface area contributed by atoms with Gasteiger partial charge in [-0.05, 0) is 62.0 Å². The molecule has 5 rings (SSSR count). The maximum atomic E-state index is 11.9. The maximum Gasteiger partial charge on any atom is 0.272 e. The van der Waals surface area contributed by atoms with Crippen LogP contribution in [0.15, 0.2) is 48.5 Å². The largest absolute Gasteiger partial charge is 0.392 e. The van der Waals surface area contributed by atoms with Crippen LogP contribution in [0.25, 0.3) is 0 Å². The molecule has 0 bridgehead atoms. The molecule has 3 heterocycles. The second kappa shape index (κ2) is 13.9. The molecule has 2 aromatic rings. The lowest BCUT2D eigenvalue weighted by Crippen LogP contribution is -2.48. The van der Waals surface area contributed by atoms with Gasteiger partial charge in [-0.3, -0.25) is 9.69 Å². The van der Waals surface area contributed by atoms with Crippen LogP contribution in [0.5, 0.6) is 0 Å². The van der Waals surface area contributed by atoms with Crippen molar-refractivity contribution in [2.24, 2.45) is 5.92 Å². The maximum absolute atomic E-state index is 11.9. The van der Waals surface area contributed by atoms with Gasteiger partial charge in [-0.1, -0.05) is 90.3 Å². The fourth-order valence-corrected chi connectivity index (χ4v) is 6.44. The average Bonchev–Trinajstić information content (AvgIpc) is 3.65. The third kappa shape index (κ3) is 7.95. The van der Waals surface area contributed by atoms with Crippen molar-refractivity contribution in [1.82, 2.24) is 15.1 Å². The zero-order valence-corrected chi connectivity index (χ0v) is 25.8. The Morgan fingerprint density at radius 1 is 0.927 bits per heavy atom. The molecule has 2 aromatic carbocycles. The van der Waals surface area contributed by atoms with Gasteiger partial charge in [0, 0.05) is 37.2 Å². The zero-order valence-electron chi connectivity index (χ0n) is 23.5. The number of alkyl halides is 3. The Kier molecular flexibility index (Phi) is 10.5. The van der Waals surface area contributed by atoms with E-state index in [1.807, 2.05) is 36.4 Å². The van der Waals surface area contributed by atoms with E-state index < -0.39 is 16.0 Å². The highest BCUT2D eigenvalue weighted by Gasteiger charge is 2.41. The lowest BCUT2D eigenvalue weighted by molar-refractivity contribution is -0.276. The summed E-state index contributed by atoms with van der Waals surface area (Å²) in [4.78, 5) is 17.2. The summed E-state index contributed by atoms with van der Waals surface area (Å²) in [6.45, 7) is 8.01. The van der Waals surface area contributed by atoms with Gasteiger partial charge in [-0.25, -0.2) is 0 Å². The van der Waals surface area contributed by atoms with Crippen LogP contribution in [0.4, 0.5) is 0 Å². The molecule has 5 atom stereocenters. The van der Waals surface area contributed by atoms with Gasteiger partial charge in [0.1, 0.15) is 0 Å². The first-order chi connectivity index (χ1) is 19.7. The molecule has 2 N–H and O–H groups in total. The Hall–Kier alpha value is -1.42. The summed E-state index contributed by atoms with van der Waals surface area (Å²) in [6.07, 6.45) is 4.37. The summed E-state index contributed by atoms with van der Waals surface area (Å²) in [6, 6.07) is 16.4. The third-order valence-corrected chi connectivity index (χ3v) is 9.18. The predicted molar refractivity (Wildman–Crippen MR) is 162 cm³/mol. The quantitative estimate of drug-likeness (QED) is 0.358. The molecule has 3 saturated heterocycles. The standard InChI is InChI=1S/C31H40Cl3N3O4/c1-21-27(19-37-16-4-5-26(37)18-36-14-2-3-15-36)40-29(41-28(21)24-10-8-23(20-38)9-11-24)25-12-6-22(7-13-25)17-35-30(39)31(32,33)34/h6-13,21,26-29,38H,2-5,14-20H2,1H3,(H,35,39). The van der Waals surface area contributed by atoms with Crippen LogP contribution in [0.1, 0.15) is 67.3 Å². The molecule has 10 heteroatoms. The van der Waals surface area contributed by atoms with E-state index in [0.717, 1.165) is 41.9 Å². The second-order valence-electron chi connectivity index (χ2n) is 11.5. The highest BCUT2D eigenvalue weighted by atomic mass is 35.6. The van der Waals surface area contributed by atoms with Crippen molar-refractivity contribution < 1.29 is 19.4 Å². The second-order valence-corrected chi connectivity index (χ2v) is 13.8. The molecule has 3 aliphatic heterocycles. The molecule has 224 valence electrons. The molecule has 5 unspecified atom stereocenters. The first-order valence-electron chi connectivity index (χ1n) is 14.6. The number of aliphatic hydroxyl groups excluding tert-OH is 1. The number of halogens is 3. The van der Waals surface area contributed by atoms with E-state index in [1.165, 1.54) is 38.8 Å². The van der Waals surface area contributed by atoms with Gasteiger partial charge < -0.3 is 24.8 Å². The Morgan fingerprint density at radius 3 is 2.24 bits per heavy atom. The van der Waals surface area contributed by atoms with E-state index >= 15 is 0 Å². The summed E-state index contributed by atoms with van der Waals surface area (Å²) >= 11 is 17.0. The zero-order chi connectivity index (χ0) is 29.0. The van der Waals surface area contributed by atoms with Gasteiger partial charge >= 0.3 is 0 Å². The van der Waals surface area contributed by atoms with Crippen molar-refractivity contribution in [2.45, 2.75) is 74.1 Å². The molecular formula is C31H40Cl3N3O4. The fraction of sp³-hybridized carbons (Fsp3) is 0.581. The van der Waals surface area contributed by atoms with E-state index in [0.29, 0.717) is 6.04 Å². The molecule has 7 nitrogen and oxygen atoms in total. The number of nitrogens with zero attached hydrogens (tertiary/aromatic N) is 2. The van der Waals surface area contributed by atoms with Crippen molar-refractivity contribution in [3.05, 3.63) is 70.8 Å². The summed E-state index contributed by atoms with van der Waals surface area (Å²) in [5.74, 6) is -0.530. The third-order valence-electron chi connectivity index (χ3n) is 8.67. The number of likely N-dealkylation sites (tertiary alicyclic amines) is 2. The van der Waals surface area contributed by atoms with Crippen LogP contribution in [0.3, 0.4) is 0 Å². The minimum atomic E-state index is -2.00. The van der Waals surface area contributed by atoms with Crippen molar-refractivity contribution in [2.75, 3.05) is 32.7 Å². The average molecular weight is 625 g/mol. The van der Waals surface area contributed by atoms with Crippen LogP contribution in [-0.2, 0) is 27.4 Å². The van der Waals surface area contributed by atoms with Gasteiger partial charge in [-0.2, -0.15) is 0 Å². The number of aliphatic hydroxyl groups is 1. The lowest BCUT2D eigenvalue weighted by atomic mass is 9.90. The monoisotopic (exact) mass is 623 g/mol. The van der Waals surface area contributed by atoms with Gasteiger partial charge in [0.2, 0.25) is 0 Å². The van der Waals surface area contributed by atoms with Gasteiger partial charge in [0.05, 0.1) is 18.8 Å². The van der Waals surface area contributed by atoms with Crippen molar-refractivity contribution >= 4 is 40.7 Å². The van der Waals surface area contributed by atoms with Crippen molar-refractivity contribution in [1.29, 1.82) is 0 Å². The number of amides is 1. The minimum absolute atomic E-state index is 0.0115. The number of nitrogens with one attached hydrogen (secondary N) is 1. The van der Waals surface area contributed by atoms with Crippen LogP contribution < -0.4 is 5.32 Å². The summed E-state index contributed by atoms with van der Waals surface area (Å²) in [5, 5.41) is 12.2. The van der Waals surface area contributed by atoms with E-state index in [4.69, 9.17) is 44.3 Å². The summed E-state index contributed by atoms with van der Waals surface area (Å²) in [7, 11) is 0. The highest BCUT2D eigenvalue weighted by molar-refractivity contribution is 6.76. The van der Waals surface area contributed by atoms with Crippen molar-refractivity contribution in [3.63, 3.8) is 0 Å². The minimum Gasteiger partial charge on any atom is -0.392 e. The topological polar surface area (TPSA) is 74.3 Å². The van der Waals surface area contributed by atoms with Crippen molar-refractivity contribution in [3.8, 4) is 0 Å². The first-order valence-corrected chi connectivity index (χ1v) is 15.8. The van der Waals surface area contributed by atoms with Gasteiger partial charge in [0.15, 0.2) is 6.29 Å². The number of carbonyl (C=O) groups excluding carboxylic acids is 1. The Balaban J connectivity index is 1.32. The normalized spacial score (nSPS) is 27.8. The van der Waals surface area contributed by atoms with Crippen LogP contribution in [-0.4, -0.2) is 69.5 Å². The van der Waals surface area contributed by atoms with Crippen LogP contribution in [0.2, 0.25) is 0 Å². The SMILES string of the molecule is CC1C(CN2CCCC2CN2CCCC2)OC(c2ccc(CNC(=O)C(Cl)(Cl)Cl)cc2)OC1c1ccc(CO)cc1. The van der Waals surface area contributed by atoms with Gasteiger partial charge in [0.25, 0.3) is 9.70 Å². The molecule has 0 radical (unpaired) electrons. The number of hydrogen-bond donors (Lipinski definition) is 2. The van der Waals surface area contributed by atoms with E-state index in [1.54, 1.807) is 0 Å². The summed E-state index contributed by atoms with van der Waals surface area (Å²) in [5.41, 5.74) is 3.73. The molecule has 41 heavy (non-hydrogen) atoms. The summed E-state index contributed by atoms with van der Waals surface area (Å²) < 4.78 is 11.3. The Bertz CT molecular complexity index is 1140. The number of carbonyl (C=O) groups is 1. The highest BCUT2D eigenvalue weighted by Crippen LogP contribution is 2.42. The van der Waals surface area contributed by atoms with E-state index in [9.17, 15) is 9.90 Å². The van der Waals surface area contributed by atoms with Crippen LogP contribution in [0, 0.1) is 5.92 Å². The smallest absolute Gasteiger partial charge is 0.272 e. The molecule has 0 spiro atoms. The lowest BCUT2D eigenvalue weighted by Gasteiger charge is -2.43. The molecule has 0 saturated carbocycles. The number of benzene rings is 2. The molecule has 1 amide bonds. The van der Waals surface area contributed by atoms with Gasteiger partial charge in [-0.15, -0.1) is 0 Å². The molecule has 0 aromatic heterocycles. The Morgan fingerprint density at radius 2 is 1.59 bits per heavy atom. The predicted octanol–water partition coefficient (Wildman–Crippen LogP) is 5.52. The molecule has 3 fully saturated rings. The molecule has 3 aliphatic rings. The molecule has 0 aliphatic carbocycles. The number of rotatable bonds is 9. The van der Waals surface area contributed by atoms with E-state index in [2.05, 4.69) is 34.2 Å². The number of ether oxygens (including phenoxy) is 2. The Labute approximate surface area is 258 Å². The van der Waals surface area contributed by atoms with E-state index in [-0.39, 0.29) is 31.3 Å².